The molecule has 11 heavy (non-hydrogen) atoms. The first-order chi connectivity index (χ1) is 5.24. The van der Waals surface area contributed by atoms with Crippen LogP contribution in [0.3, 0.4) is 0 Å². The predicted octanol–water partition coefficient (Wildman–Crippen LogP) is 2.14. The van der Waals surface area contributed by atoms with Crippen LogP contribution in [0.15, 0.2) is 24.3 Å². The average Bonchev–Trinajstić information content (AvgIpc) is 2.05. The monoisotopic (exact) mass is 167 g/mol. The molecule has 1 aromatic carbocycles. The molecule has 0 saturated carbocycles. The smallest absolute Gasteiger partial charge is 0.0734 e. The van der Waals surface area contributed by atoms with Gasteiger partial charge in [-0.3, -0.25) is 0 Å². The fourth-order valence-electron chi connectivity index (χ4n) is 0.951. The predicted molar refractivity (Wildman–Crippen MR) is 51.7 cm³/mol. The molecule has 0 aliphatic heterocycles. The molecule has 0 aliphatic rings. The summed E-state index contributed by atoms with van der Waals surface area (Å²) in [5.41, 5.74) is 7.98. The summed E-state index contributed by atoms with van der Waals surface area (Å²) in [5.74, 6) is 0. The van der Waals surface area contributed by atoms with Crippen molar-refractivity contribution in [3.8, 4) is 0 Å². The van der Waals surface area contributed by atoms with Crippen molar-refractivity contribution in [2.45, 2.75) is 18.7 Å². The molecule has 0 spiro atoms. The minimum atomic E-state index is -0.152. The fraction of sp³-hybridized carbons (Fsp3) is 0.333. The molecule has 1 nitrogen and oxygen atoms in total. The zero-order chi connectivity index (χ0) is 8.27. The third-order valence-corrected chi connectivity index (χ3v) is 2.03. The van der Waals surface area contributed by atoms with Gasteiger partial charge in [0, 0.05) is 0 Å². The zero-order valence-electron chi connectivity index (χ0n) is 6.62. The van der Waals surface area contributed by atoms with E-state index in [2.05, 4.69) is 31.7 Å². The molecule has 2 N–H and O–H groups in total. The lowest BCUT2D eigenvalue weighted by molar-refractivity contribution is 1.03. The van der Waals surface area contributed by atoms with Gasteiger partial charge in [-0.15, -0.1) is 0 Å². The second-order valence-electron chi connectivity index (χ2n) is 2.54. The largest absolute Gasteiger partial charge is 0.316 e. The number of rotatable bonds is 2. The van der Waals surface area contributed by atoms with Crippen LogP contribution in [0.1, 0.15) is 23.4 Å². The van der Waals surface area contributed by atoms with Gasteiger partial charge in [0.15, 0.2) is 0 Å². The number of thiol groups is 1. The van der Waals surface area contributed by atoms with Gasteiger partial charge in [0.05, 0.1) is 5.37 Å². The Labute approximate surface area is 73.0 Å². The molecule has 0 aliphatic carbocycles. The van der Waals surface area contributed by atoms with Gasteiger partial charge in [0.1, 0.15) is 0 Å². The summed E-state index contributed by atoms with van der Waals surface area (Å²) in [6, 6.07) is 8.23. The lowest BCUT2D eigenvalue weighted by Gasteiger charge is -2.04. The van der Waals surface area contributed by atoms with Crippen LogP contribution in [0.2, 0.25) is 0 Å². The van der Waals surface area contributed by atoms with Gasteiger partial charge in [-0.25, -0.2) is 0 Å². The quantitative estimate of drug-likeness (QED) is 0.512. The average molecular weight is 167 g/mol. The van der Waals surface area contributed by atoms with E-state index >= 15 is 0 Å². The van der Waals surface area contributed by atoms with Crippen molar-refractivity contribution in [3.63, 3.8) is 0 Å². The molecule has 1 unspecified atom stereocenters. The Kier molecular flexibility index (Phi) is 2.97. The Hall–Kier alpha value is -0.470. The lowest BCUT2D eigenvalue weighted by atomic mass is 10.1. The highest BCUT2D eigenvalue weighted by Gasteiger charge is 1.97. The van der Waals surface area contributed by atoms with Gasteiger partial charge in [-0.1, -0.05) is 31.2 Å². The van der Waals surface area contributed by atoms with Crippen LogP contribution in [0.25, 0.3) is 0 Å². The molecule has 0 radical (unpaired) electrons. The van der Waals surface area contributed by atoms with E-state index < -0.39 is 0 Å². The van der Waals surface area contributed by atoms with E-state index in [-0.39, 0.29) is 5.37 Å². The van der Waals surface area contributed by atoms with Crippen LogP contribution in [0.4, 0.5) is 0 Å². The maximum atomic E-state index is 5.57. The molecule has 1 aromatic rings. The van der Waals surface area contributed by atoms with Crippen LogP contribution < -0.4 is 5.73 Å². The van der Waals surface area contributed by atoms with E-state index in [1.165, 1.54) is 5.56 Å². The third kappa shape index (κ3) is 2.24. The number of hydrogen-bond acceptors (Lipinski definition) is 2. The Bertz CT molecular complexity index is 216. The second-order valence-corrected chi connectivity index (χ2v) is 3.10. The minimum Gasteiger partial charge on any atom is -0.316 e. The standard InChI is InChI=1S/C9H13NS/c1-2-7-3-5-8(6-4-7)9(10)11/h3-6,9,11H,2,10H2,1H3. The Balaban J connectivity index is 2.83. The summed E-state index contributed by atoms with van der Waals surface area (Å²) >= 11 is 4.13. The van der Waals surface area contributed by atoms with Crippen LogP contribution >= 0.6 is 12.6 Å². The van der Waals surface area contributed by atoms with E-state index in [1.54, 1.807) is 0 Å². The van der Waals surface area contributed by atoms with E-state index in [0.29, 0.717) is 0 Å². The molecule has 0 heterocycles. The molecule has 60 valence electrons. The van der Waals surface area contributed by atoms with Crippen molar-refractivity contribution in [2.24, 2.45) is 5.73 Å². The summed E-state index contributed by atoms with van der Waals surface area (Å²) in [6.07, 6.45) is 1.07. The van der Waals surface area contributed by atoms with E-state index in [0.717, 1.165) is 12.0 Å². The van der Waals surface area contributed by atoms with Crippen LogP contribution in [-0.2, 0) is 6.42 Å². The number of nitrogens with two attached hydrogens (primary N) is 1. The summed E-state index contributed by atoms with van der Waals surface area (Å²) in [5, 5.41) is -0.152. The van der Waals surface area contributed by atoms with Gasteiger partial charge in [0.25, 0.3) is 0 Å². The fourth-order valence-corrected chi connectivity index (χ4v) is 1.12. The lowest BCUT2D eigenvalue weighted by Crippen LogP contribution is -2.01. The SMILES string of the molecule is CCc1ccc(C(N)S)cc1. The maximum absolute atomic E-state index is 5.57. The van der Waals surface area contributed by atoms with Crippen molar-refractivity contribution in [3.05, 3.63) is 35.4 Å². The van der Waals surface area contributed by atoms with Crippen molar-refractivity contribution in [1.29, 1.82) is 0 Å². The molecule has 0 aromatic heterocycles. The Morgan fingerprint density at radius 3 is 2.27 bits per heavy atom. The summed E-state index contributed by atoms with van der Waals surface area (Å²) in [4.78, 5) is 0. The molecule has 0 bridgehead atoms. The first-order valence-corrected chi connectivity index (χ1v) is 4.28. The van der Waals surface area contributed by atoms with Crippen molar-refractivity contribution in [1.82, 2.24) is 0 Å². The summed E-state index contributed by atoms with van der Waals surface area (Å²) in [6.45, 7) is 2.13. The molecule has 1 atom stereocenters. The van der Waals surface area contributed by atoms with Gasteiger partial charge in [-0.05, 0) is 17.5 Å². The van der Waals surface area contributed by atoms with Crippen LogP contribution in [0, 0.1) is 0 Å². The van der Waals surface area contributed by atoms with Gasteiger partial charge in [0.2, 0.25) is 0 Å². The number of benzene rings is 1. The molecular weight excluding hydrogens is 154 g/mol. The van der Waals surface area contributed by atoms with E-state index in [9.17, 15) is 0 Å². The maximum Gasteiger partial charge on any atom is 0.0734 e. The third-order valence-electron chi connectivity index (χ3n) is 1.73. The molecule has 2 heteroatoms. The number of hydrogen-bond donors (Lipinski definition) is 2. The molecule has 0 fully saturated rings. The first kappa shape index (κ1) is 8.62. The molecular formula is C9H13NS. The van der Waals surface area contributed by atoms with Gasteiger partial charge >= 0.3 is 0 Å². The topological polar surface area (TPSA) is 26.0 Å². The van der Waals surface area contributed by atoms with E-state index in [1.807, 2.05) is 12.1 Å². The highest BCUT2D eigenvalue weighted by molar-refractivity contribution is 7.80. The molecule has 1 rings (SSSR count). The summed E-state index contributed by atoms with van der Waals surface area (Å²) < 4.78 is 0. The van der Waals surface area contributed by atoms with Crippen molar-refractivity contribution >= 4 is 12.6 Å². The van der Waals surface area contributed by atoms with Crippen molar-refractivity contribution < 1.29 is 0 Å². The van der Waals surface area contributed by atoms with Crippen LogP contribution in [0.5, 0.6) is 0 Å². The normalized spacial score (nSPS) is 13.0. The van der Waals surface area contributed by atoms with Gasteiger partial charge in [-0.2, -0.15) is 12.6 Å². The van der Waals surface area contributed by atoms with Crippen LogP contribution in [-0.4, -0.2) is 0 Å². The molecule has 0 saturated heterocycles. The summed E-state index contributed by atoms with van der Waals surface area (Å²) in [7, 11) is 0. The zero-order valence-corrected chi connectivity index (χ0v) is 7.51. The van der Waals surface area contributed by atoms with Gasteiger partial charge < -0.3 is 5.73 Å². The molecule has 0 amide bonds. The number of aryl methyl sites for hydroxylation is 1. The minimum absolute atomic E-state index is 0.152. The Morgan fingerprint density at radius 2 is 1.91 bits per heavy atom. The van der Waals surface area contributed by atoms with Crippen molar-refractivity contribution in [2.75, 3.05) is 0 Å². The Morgan fingerprint density at radius 1 is 1.36 bits per heavy atom. The highest BCUT2D eigenvalue weighted by atomic mass is 32.1. The first-order valence-electron chi connectivity index (χ1n) is 3.76. The van der Waals surface area contributed by atoms with E-state index in [4.69, 9.17) is 5.73 Å². The second kappa shape index (κ2) is 3.79. The highest BCUT2D eigenvalue weighted by Crippen LogP contribution is 2.14.